The molecular formula is C14H23N5O3PaV. The van der Waals surface area contributed by atoms with Gasteiger partial charge in [-0.05, 0) is 39.0 Å². The Labute approximate surface area is 177 Å². The van der Waals surface area contributed by atoms with Crippen LogP contribution in [-0.4, -0.2) is 47.2 Å². The van der Waals surface area contributed by atoms with Gasteiger partial charge in [-0.3, -0.25) is 0 Å². The molecule has 10 heteroatoms. The summed E-state index contributed by atoms with van der Waals surface area (Å²) in [7, 11) is 0. The predicted molar refractivity (Wildman–Crippen MR) is 81.7 cm³/mol. The van der Waals surface area contributed by atoms with Gasteiger partial charge in [0.05, 0.1) is 6.33 Å². The number of anilines is 1. The Morgan fingerprint density at radius 2 is 1.88 bits per heavy atom. The molecule has 130 valence electrons. The number of imidazole rings is 1. The maximum atomic E-state index is 9.17. The van der Waals surface area contributed by atoms with Crippen molar-refractivity contribution in [1.29, 1.82) is 0 Å². The van der Waals surface area contributed by atoms with Gasteiger partial charge in [0.15, 0.2) is 17.3 Å². The van der Waals surface area contributed by atoms with Crippen molar-refractivity contribution in [3.8, 4) is 0 Å². The molecule has 2 aromatic heterocycles. The Bertz CT molecular complexity index is 628. The van der Waals surface area contributed by atoms with E-state index in [1.54, 1.807) is 6.33 Å². The van der Waals surface area contributed by atoms with Crippen molar-refractivity contribution in [2.75, 3.05) is 12.3 Å². The molecule has 0 aliphatic heterocycles. The van der Waals surface area contributed by atoms with Crippen LogP contribution in [0.15, 0.2) is 12.7 Å². The minimum Gasteiger partial charge on any atom is -0.396 e. The van der Waals surface area contributed by atoms with E-state index in [-0.39, 0.29) is 57.5 Å². The number of aromatic nitrogens is 4. The van der Waals surface area contributed by atoms with Crippen molar-refractivity contribution in [1.82, 2.24) is 19.5 Å². The van der Waals surface area contributed by atoms with Crippen molar-refractivity contribution in [3.05, 3.63) is 12.7 Å². The second-order valence-electron chi connectivity index (χ2n) is 6.09. The van der Waals surface area contributed by atoms with E-state index in [0.717, 1.165) is 24.9 Å². The molecule has 1 fully saturated rings. The molecule has 2 heterocycles. The van der Waals surface area contributed by atoms with Crippen LogP contribution in [0, 0.1) is 38.2 Å². The summed E-state index contributed by atoms with van der Waals surface area (Å²) in [6, 6.07) is 0.367. The van der Waals surface area contributed by atoms with E-state index in [1.807, 2.05) is 0 Å². The van der Waals surface area contributed by atoms with Gasteiger partial charge in [0.2, 0.25) is 0 Å². The quantitative estimate of drug-likeness (QED) is 0.374. The number of nitrogens with zero attached hydrogens (tertiary/aromatic N) is 4. The van der Waals surface area contributed by atoms with Gasteiger partial charge in [-0.2, -0.15) is 0 Å². The molecule has 1 aliphatic rings. The van der Waals surface area contributed by atoms with Gasteiger partial charge in [0.1, 0.15) is 11.8 Å². The first kappa shape index (κ1) is 23.9. The van der Waals surface area contributed by atoms with Crippen LogP contribution >= 0.6 is 0 Å². The van der Waals surface area contributed by atoms with E-state index < -0.39 is 5.79 Å². The molecule has 2 radical (unpaired) electrons. The molecule has 2 unspecified atom stereocenters. The zero-order valence-corrected chi connectivity index (χ0v) is 20.1. The fourth-order valence-electron chi connectivity index (χ4n) is 2.60. The summed E-state index contributed by atoms with van der Waals surface area (Å²) in [5.41, 5.74) is 7.21. The van der Waals surface area contributed by atoms with Gasteiger partial charge in [-0.15, -0.1) is 0 Å². The van der Waals surface area contributed by atoms with Crippen molar-refractivity contribution < 1.29 is 66.2 Å². The second kappa shape index (κ2) is 10.2. The number of nitrogen functional groups attached to an aromatic ring is 1. The van der Waals surface area contributed by atoms with E-state index in [2.05, 4.69) is 19.5 Å². The summed E-state index contributed by atoms with van der Waals surface area (Å²) in [5, 5.41) is 25.3. The molecule has 0 aromatic carbocycles. The average Bonchev–Trinajstić information content (AvgIpc) is 3.02. The van der Waals surface area contributed by atoms with E-state index in [9.17, 15) is 0 Å². The monoisotopic (exact) mass is 591 g/mol. The van der Waals surface area contributed by atoms with Gasteiger partial charge in [0, 0.05) is 63.5 Å². The van der Waals surface area contributed by atoms with Gasteiger partial charge in [-0.1, -0.05) is 0 Å². The van der Waals surface area contributed by atoms with Crippen LogP contribution in [0.1, 0.15) is 39.2 Å². The Morgan fingerprint density at radius 3 is 2.42 bits per heavy atom. The van der Waals surface area contributed by atoms with Gasteiger partial charge < -0.3 is 25.6 Å². The maximum absolute atomic E-state index is 9.17. The van der Waals surface area contributed by atoms with E-state index in [1.165, 1.54) is 20.2 Å². The van der Waals surface area contributed by atoms with Crippen LogP contribution in [0.25, 0.3) is 11.2 Å². The van der Waals surface area contributed by atoms with Crippen LogP contribution in [0.3, 0.4) is 0 Å². The normalized spacial score (nSPS) is 19.9. The van der Waals surface area contributed by atoms with Gasteiger partial charge in [0.25, 0.3) is 0 Å². The molecule has 5 N–H and O–H groups in total. The van der Waals surface area contributed by atoms with Crippen LogP contribution in [0.2, 0.25) is 0 Å². The summed E-state index contributed by atoms with van der Waals surface area (Å²) >= 11 is 0. The minimum atomic E-state index is -1.50. The SMILES string of the molecule is CC(C)(O)O.Nc1ncnc2c1ncn2C1CCC(CO)C1.[Pa].[V]. The van der Waals surface area contributed by atoms with Crippen LogP contribution in [0.4, 0.5) is 5.82 Å². The topological polar surface area (TPSA) is 130 Å². The van der Waals surface area contributed by atoms with Gasteiger partial charge in [-0.25, -0.2) is 15.0 Å². The number of aliphatic hydroxyl groups excluding tert-OH is 1. The Kier molecular flexibility index (Phi) is 10.1. The Balaban J connectivity index is 0.000000673. The molecule has 2 atom stereocenters. The minimum absolute atomic E-state index is 0. The van der Waals surface area contributed by atoms with E-state index in [0.29, 0.717) is 23.3 Å². The number of aliphatic hydroxyl groups is 3. The van der Waals surface area contributed by atoms with Gasteiger partial charge >= 0.3 is 0 Å². The fraction of sp³-hybridized carbons (Fsp3) is 0.643. The Morgan fingerprint density at radius 1 is 1.25 bits per heavy atom. The molecule has 24 heavy (non-hydrogen) atoms. The maximum Gasteiger partial charge on any atom is 0.165 e. The molecule has 0 bridgehead atoms. The summed E-state index contributed by atoms with van der Waals surface area (Å²) in [4.78, 5) is 12.4. The van der Waals surface area contributed by atoms with E-state index >= 15 is 0 Å². The molecule has 0 saturated heterocycles. The number of rotatable bonds is 2. The van der Waals surface area contributed by atoms with E-state index in [4.69, 9.17) is 21.1 Å². The largest absolute Gasteiger partial charge is 0.396 e. The summed E-state index contributed by atoms with van der Waals surface area (Å²) in [6.45, 7) is 2.86. The molecule has 3 rings (SSSR count). The summed E-state index contributed by atoms with van der Waals surface area (Å²) in [5.74, 6) is -0.679. The first-order valence-electron chi connectivity index (χ1n) is 7.28. The third kappa shape index (κ3) is 6.66. The molecule has 2 aromatic rings. The van der Waals surface area contributed by atoms with Crippen molar-refractivity contribution in [2.45, 2.75) is 44.9 Å². The van der Waals surface area contributed by atoms with Crippen molar-refractivity contribution in [2.24, 2.45) is 5.92 Å². The number of hydrogen-bond donors (Lipinski definition) is 4. The number of nitrogens with two attached hydrogens (primary N) is 1. The predicted octanol–water partition coefficient (Wildman–Crippen LogP) is 0.447. The summed E-state index contributed by atoms with van der Waals surface area (Å²) in [6.07, 6.45) is 6.34. The molecule has 1 saturated carbocycles. The zero-order valence-electron chi connectivity index (χ0n) is 13.9. The molecule has 0 spiro atoms. The first-order chi connectivity index (χ1) is 10.3. The molecular weight excluding hydrogens is 568 g/mol. The first-order valence-corrected chi connectivity index (χ1v) is 7.28. The van der Waals surface area contributed by atoms with Crippen molar-refractivity contribution >= 4 is 17.0 Å². The molecule has 8 nitrogen and oxygen atoms in total. The zero-order chi connectivity index (χ0) is 16.3. The smallest absolute Gasteiger partial charge is 0.165 e. The van der Waals surface area contributed by atoms with Crippen LogP contribution < -0.4 is 5.73 Å². The second-order valence-corrected chi connectivity index (χ2v) is 6.09. The fourth-order valence-corrected chi connectivity index (χ4v) is 2.60. The average molecular weight is 591 g/mol. The Hall–Kier alpha value is -0.0947. The third-order valence-corrected chi connectivity index (χ3v) is 3.55. The number of hydrogen-bond acceptors (Lipinski definition) is 7. The molecule has 0 amide bonds. The van der Waals surface area contributed by atoms with Crippen LogP contribution in [0.5, 0.6) is 0 Å². The standard InChI is InChI=1S/C11H15N5O.C3H8O2.Pa.V/c12-10-9-11(14-5-13-10)16(6-15-9)8-2-1-7(3-8)4-17;1-3(2,4)5;;/h5-8,17H,1-4H2,(H2,12,13,14);4-5H,1-2H3;;. The number of fused-ring (bicyclic) bond motifs is 1. The third-order valence-electron chi connectivity index (χ3n) is 3.55. The van der Waals surface area contributed by atoms with Crippen molar-refractivity contribution in [3.63, 3.8) is 0 Å². The summed E-state index contributed by atoms with van der Waals surface area (Å²) < 4.78 is 2.06. The molecule has 1 aliphatic carbocycles. The van der Waals surface area contributed by atoms with Crippen LogP contribution in [-0.2, 0) is 18.6 Å².